The Labute approximate surface area is 43.4 Å². The third-order valence-electron chi connectivity index (χ3n) is 0.764. The van der Waals surface area contributed by atoms with Gasteiger partial charge in [-0.25, -0.2) is 0 Å². The Morgan fingerprint density at radius 1 is 1.57 bits per heavy atom. The van der Waals surface area contributed by atoms with Crippen LogP contribution in [0.3, 0.4) is 0 Å². The molecule has 7 heavy (non-hydrogen) atoms. The van der Waals surface area contributed by atoms with E-state index in [0.717, 1.165) is 0 Å². The van der Waals surface area contributed by atoms with E-state index in [1.54, 1.807) is 19.9 Å². The van der Waals surface area contributed by atoms with Crippen LogP contribution in [-0.4, -0.2) is 11.2 Å². The van der Waals surface area contributed by atoms with Gasteiger partial charge >= 0.3 is 0 Å². The second kappa shape index (κ2) is 2.59. The van der Waals surface area contributed by atoms with E-state index in [1.807, 2.05) is 0 Å². The minimum atomic E-state index is -0.792. The van der Waals surface area contributed by atoms with Crippen LogP contribution in [0.5, 0.6) is 0 Å². The van der Waals surface area contributed by atoms with E-state index in [0.29, 0.717) is 0 Å². The molecule has 2 nitrogen and oxygen atoms in total. The summed E-state index contributed by atoms with van der Waals surface area (Å²) in [6.07, 6.45) is -0.792. The highest BCUT2D eigenvalue weighted by Crippen LogP contribution is 1.96. The summed E-state index contributed by atoms with van der Waals surface area (Å²) < 4.78 is 0. The van der Waals surface area contributed by atoms with Crippen LogP contribution in [0.25, 0.3) is 0 Å². The number of hydrogen-bond acceptors (Lipinski definition) is 2. The molecule has 0 aromatic heterocycles. The molecule has 0 aromatic rings. The second-order valence-corrected chi connectivity index (χ2v) is 1.82. The van der Waals surface area contributed by atoms with Gasteiger partial charge in [-0.2, -0.15) is 5.26 Å². The van der Waals surface area contributed by atoms with Crippen molar-refractivity contribution >= 4 is 0 Å². The molecular formula is C5H9NO. The Morgan fingerprint density at radius 3 is 2.00 bits per heavy atom. The summed E-state index contributed by atoms with van der Waals surface area (Å²) in [4.78, 5) is 0. The van der Waals surface area contributed by atoms with Crippen LogP contribution in [0, 0.1) is 17.2 Å². The zero-order valence-electron chi connectivity index (χ0n) is 4.55. The number of aliphatic hydroxyl groups excluding tert-OH is 1. The fourth-order valence-electron chi connectivity index (χ4n) is 0.149. The first-order valence-corrected chi connectivity index (χ1v) is 2.26. The van der Waals surface area contributed by atoms with Gasteiger partial charge < -0.3 is 5.11 Å². The first-order chi connectivity index (χ1) is 3.18. The molecule has 0 aliphatic carbocycles. The zero-order chi connectivity index (χ0) is 5.86. The summed E-state index contributed by atoms with van der Waals surface area (Å²) >= 11 is 0. The predicted molar refractivity (Wildman–Crippen MR) is 26.5 cm³/mol. The number of nitriles is 1. The van der Waals surface area contributed by atoms with E-state index in [9.17, 15) is 0 Å². The van der Waals surface area contributed by atoms with E-state index >= 15 is 0 Å². The molecule has 0 aliphatic heterocycles. The van der Waals surface area contributed by atoms with Crippen molar-refractivity contribution in [3.8, 4) is 6.07 Å². The third kappa shape index (κ3) is 2.18. The van der Waals surface area contributed by atoms with Crippen molar-refractivity contribution in [2.45, 2.75) is 20.0 Å². The highest BCUT2D eigenvalue weighted by Gasteiger charge is 2.04. The molecule has 1 atom stereocenters. The fraction of sp³-hybridized carbons (Fsp3) is 0.800. The fourth-order valence-corrected chi connectivity index (χ4v) is 0.149. The lowest BCUT2D eigenvalue weighted by molar-refractivity contribution is 0.179. The number of aliphatic hydroxyl groups is 1. The minimum absolute atomic E-state index is 0.0602. The Balaban J connectivity index is 3.40. The molecule has 1 N–H and O–H groups in total. The zero-order valence-corrected chi connectivity index (χ0v) is 4.55. The first kappa shape index (κ1) is 6.45. The maximum absolute atomic E-state index is 8.57. The summed E-state index contributed by atoms with van der Waals surface area (Å²) in [6.45, 7) is 3.60. The van der Waals surface area contributed by atoms with Crippen LogP contribution in [0.1, 0.15) is 13.8 Å². The molecule has 0 aliphatic rings. The Kier molecular flexibility index (Phi) is 2.39. The van der Waals surface area contributed by atoms with Crippen molar-refractivity contribution in [2.75, 3.05) is 0 Å². The van der Waals surface area contributed by atoms with Crippen LogP contribution in [0.2, 0.25) is 0 Å². The average Bonchev–Trinajstić information content (AvgIpc) is 1.65. The van der Waals surface area contributed by atoms with E-state index < -0.39 is 6.10 Å². The summed E-state index contributed by atoms with van der Waals surface area (Å²) in [6, 6.07) is 1.72. The lowest BCUT2D eigenvalue weighted by Gasteiger charge is -2.01. The molecule has 40 valence electrons. The Morgan fingerprint density at radius 2 is 2.00 bits per heavy atom. The molecule has 0 spiro atoms. The highest BCUT2D eigenvalue weighted by atomic mass is 16.3. The van der Waals surface area contributed by atoms with E-state index in [-0.39, 0.29) is 5.92 Å². The van der Waals surface area contributed by atoms with Gasteiger partial charge in [-0.3, -0.25) is 0 Å². The lowest BCUT2D eigenvalue weighted by Crippen LogP contribution is -2.10. The summed E-state index contributed by atoms with van der Waals surface area (Å²) in [5, 5.41) is 16.6. The van der Waals surface area contributed by atoms with Crippen LogP contribution < -0.4 is 0 Å². The van der Waals surface area contributed by atoms with Gasteiger partial charge in [-0.1, -0.05) is 13.8 Å². The van der Waals surface area contributed by atoms with E-state index in [2.05, 4.69) is 0 Å². The van der Waals surface area contributed by atoms with Gasteiger partial charge in [0.1, 0.15) is 6.10 Å². The molecule has 0 heterocycles. The molecule has 0 rings (SSSR count). The molecule has 0 radical (unpaired) electrons. The van der Waals surface area contributed by atoms with Crippen LogP contribution in [0.15, 0.2) is 0 Å². The maximum atomic E-state index is 8.57. The molecule has 0 fully saturated rings. The normalized spacial score (nSPS) is 13.6. The summed E-state index contributed by atoms with van der Waals surface area (Å²) in [7, 11) is 0. The summed E-state index contributed by atoms with van der Waals surface area (Å²) in [5.41, 5.74) is 0. The van der Waals surface area contributed by atoms with Gasteiger partial charge in [-0.15, -0.1) is 0 Å². The number of hydrogen-bond donors (Lipinski definition) is 1. The third-order valence-corrected chi connectivity index (χ3v) is 0.764. The van der Waals surface area contributed by atoms with Crippen molar-refractivity contribution in [3.05, 3.63) is 0 Å². The summed E-state index contributed by atoms with van der Waals surface area (Å²) in [5.74, 6) is 0.0602. The van der Waals surface area contributed by atoms with Crippen molar-refractivity contribution in [3.63, 3.8) is 0 Å². The van der Waals surface area contributed by atoms with Gasteiger partial charge in [0, 0.05) is 0 Å². The number of nitrogens with zero attached hydrogens (tertiary/aromatic N) is 1. The molecule has 0 aromatic carbocycles. The minimum Gasteiger partial charge on any atom is -0.378 e. The standard InChI is InChI=1S/C5H9NO/c1-4(2)5(7)3-6/h4-5,7H,1-2H3/t5-/m0/s1. The molecule has 0 saturated heterocycles. The van der Waals surface area contributed by atoms with Gasteiger partial charge in [0.2, 0.25) is 0 Å². The average molecular weight is 99.1 g/mol. The van der Waals surface area contributed by atoms with Gasteiger partial charge in [0.15, 0.2) is 0 Å². The number of rotatable bonds is 1. The SMILES string of the molecule is CC(C)[C@@H](O)C#N. The van der Waals surface area contributed by atoms with Crippen molar-refractivity contribution in [2.24, 2.45) is 5.92 Å². The molecule has 0 bridgehead atoms. The lowest BCUT2D eigenvalue weighted by atomic mass is 10.1. The molecule has 0 saturated carbocycles. The maximum Gasteiger partial charge on any atom is 0.142 e. The predicted octanol–water partition coefficient (Wildman–Crippen LogP) is 0.527. The van der Waals surface area contributed by atoms with Gasteiger partial charge in [0.05, 0.1) is 6.07 Å². The molecular weight excluding hydrogens is 90.1 g/mol. The van der Waals surface area contributed by atoms with Crippen molar-refractivity contribution < 1.29 is 5.11 Å². The van der Waals surface area contributed by atoms with Gasteiger partial charge in [-0.05, 0) is 5.92 Å². The van der Waals surface area contributed by atoms with Crippen LogP contribution in [-0.2, 0) is 0 Å². The smallest absolute Gasteiger partial charge is 0.142 e. The van der Waals surface area contributed by atoms with Crippen LogP contribution >= 0.6 is 0 Å². The van der Waals surface area contributed by atoms with E-state index in [1.165, 1.54) is 0 Å². The van der Waals surface area contributed by atoms with Gasteiger partial charge in [0.25, 0.3) is 0 Å². The van der Waals surface area contributed by atoms with Crippen molar-refractivity contribution in [1.82, 2.24) is 0 Å². The molecule has 0 amide bonds. The Bertz CT molecular complexity index is 82.6. The van der Waals surface area contributed by atoms with E-state index in [4.69, 9.17) is 10.4 Å². The molecule has 0 unspecified atom stereocenters. The second-order valence-electron chi connectivity index (χ2n) is 1.82. The molecule has 2 heteroatoms. The monoisotopic (exact) mass is 99.1 g/mol. The first-order valence-electron chi connectivity index (χ1n) is 2.26. The van der Waals surface area contributed by atoms with Crippen LogP contribution in [0.4, 0.5) is 0 Å². The highest BCUT2D eigenvalue weighted by molar-refractivity contribution is 4.83. The topological polar surface area (TPSA) is 44.0 Å². The quantitative estimate of drug-likeness (QED) is 0.487. The van der Waals surface area contributed by atoms with Crippen molar-refractivity contribution in [1.29, 1.82) is 5.26 Å². The largest absolute Gasteiger partial charge is 0.378 e. The Hall–Kier alpha value is -0.550.